The maximum Gasteiger partial charge on any atom is 0.233 e. The minimum absolute atomic E-state index is 0.00838. The number of nitrogens with two attached hydrogens (primary N) is 1. The van der Waals surface area contributed by atoms with Crippen LogP contribution in [0, 0.1) is 5.41 Å². The van der Waals surface area contributed by atoms with Crippen molar-refractivity contribution in [2.75, 3.05) is 18.6 Å². The van der Waals surface area contributed by atoms with Gasteiger partial charge in [-0.25, -0.2) is 0 Å². The Morgan fingerprint density at radius 3 is 2.69 bits per heavy atom. The van der Waals surface area contributed by atoms with Crippen molar-refractivity contribution in [3.63, 3.8) is 0 Å². The van der Waals surface area contributed by atoms with Crippen molar-refractivity contribution < 1.29 is 4.79 Å². The van der Waals surface area contributed by atoms with E-state index in [0.717, 1.165) is 18.6 Å². The van der Waals surface area contributed by atoms with Gasteiger partial charge in [-0.2, -0.15) is 11.8 Å². The Morgan fingerprint density at radius 1 is 1.69 bits per heavy atom. The fraction of sp³-hybridized carbons (Fsp3) is 0.750. The third-order valence-electron chi connectivity index (χ3n) is 2.25. The number of carbonyl (C=O) groups is 1. The summed E-state index contributed by atoms with van der Waals surface area (Å²) < 4.78 is 0. The van der Waals surface area contributed by atoms with E-state index in [9.17, 15) is 4.79 Å². The Hall–Kier alpha value is -0.290. The van der Waals surface area contributed by atoms with Gasteiger partial charge in [-0.1, -0.05) is 12.2 Å². The summed E-state index contributed by atoms with van der Waals surface area (Å²) in [5.74, 6) is 0.938. The maximum atomic E-state index is 11.6. The van der Waals surface area contributed by atoms with E-state index in [4.69, 9.17) is 18.0 Å². The Morgan fingerprint density at radius 2 is 2.31 bits per heavy atom. The highest BCUT2D eigenvalue weighted by Crippen LogP contribution is 2.46. The molecule has 1 fully saturated rings. The molecule has 74 valence electrons. The predicted octanol–water partition coefficient (Wildman–Crippen LogP) is 0.532. The van der Waals surface area contributed by atoms with Crippen molar-refractivity contribution in [3.8, 4) is 0 Å². The molecule has 1 rings (SSSR count). The van der Waals surface area contributed by atoms with Gasteiger partial charge in [-0.3, -0.25) is 4.79 Å². The van der Waals surface area contributed by atoms with Gasteiger partial charge >= 0.3 is 0 Å². The minimum atomic E-state index is -0.492. The zero-order valence-electron chi connectivity index (χ0n) is 7.63. The molecule has 3 N–H and O–H groups in total. The number of hydrogen-bond donors (Lipinski definition) is 2. The van der Waals surface area contributed by atoms with Gasteiger partial charge in [-0.05, 0) is 19.1 Å². The number of rotatable bonds is 5. The molecule has 0 aliphatic heterocycles. The summed E-state index contributed by atoms with van der Waals surface area (Å²) in [4.78, 5) is 11.9. The fourth-order valence-corrected chi connectivity index (χ4v) is 1.75. The highest BCUT2D eigenvalue weighted by Gasteiger charge is 2.52. The number of thioether (sulfide) groups is 1. The van der Waals surface area contributed by atoms with Crippen LogP contribution >= 0.6 is 24.0 Å². The number of thiocarbonyl (C=S) groups is 1. The van der Waals surface area contributed by atoms with Gasteiger partial charge in [-0.15, -0.1) is 0 Å². The second-order valence-electron chi connectivity index (χ2n) is 3.20. The maximum absolute atomic E-state index is 11.6. The van der Waals surface area contributed by atoms with E-state index >= 15 is 0 Å². The van der Waals surface area contributed by atoms with Crippen LogP contribution in [0.4, 0.5) is 0 Å². The first-order chi connectivity index (χ1) is 6.13. The Labute approximate surface area is 87.8 Å². The second-order valence-corrected chi connectivity index (χ2v) is 4.62. The summed E-state index contributed by atoms with van der Waals surface area (Å²) in [6.45, 7) is 0.699. The van der Waals surface area contributed by atoms with Crippen LogP contribution in [-0.2, 0) is 4.79 Å². The van der Waals surface area contributed by atoms with E-state index in [1.54, 1.807) is 11.8 Å². The Bertz CT molecular complexity index is 226. The monoisotopic (exact) mass is 218 g/mol. The standard InChI is InChI=1S/C8H14N2OS2/c1-13-5-4-10-7(11)8(2-3-8)6(9)12/h2-5H2,1H3,(H2,9,12)(H,10,11). The van der Waals surface area contributed by atoms with Crippen LogP contribution < -0.4 is 11.1 Å². The summed E-state index contributed by atoms with van der Waals surface area (Å²) in [6.07, 6.45) is 3.63. The van der Waals surface area contributed by atoms with Crippen LogP contribution in [0.1, 0.15) is 12.8 Å². The van der Waals surface area contributed by atoms with Crippen molar-refractivity contribution in [1.82, 2.24) is 5.32 Å². The molecule has 0 atom stereocenters. The largest absolute Gasteiger partial charge is 0.392 e. The van der Waals surface area contributed by atoms with Crippen molar-refractivity contribution in [2.45, 2.75) is 12.8 Å². The van der Waals surface area contributed by atoms with Gasteiger partial charge in [0.05, 0.1) is 10.4 Å². The predicted molar refractivity (Wildman–Crippen MR) is 59.8 cm³/mol. The van der Waals surface area contributed by atoms with Gasteiger partial charge < -0.3 is 11.1 Å². The third kappa shape index (κ3) is 2.34. The number of amides is 1. The molecule has 0 radical (unpaired) electrons. The van der Waals surface area contributed by atoms with Crippen LogP contribution in [0.25, 0.3) is 0 Å². The molecule has 0 saturated heterocycles. The number of nitrogens with one attached hydrogen (secondary N) is 1. The first kappa shape index (κ1) is 10.8. The van der Waals surface area contributed by atoms with Crippen molar-refractivity contribution in [1.29, 1.82) is 0 Å². The molecule has 0 spiro atoms. The van der Waals surface area contributed by atoms with Crippen molar-refractivity contribution >= 4 is 34.9 Å². The number of carbonyl (C=O) groups excluding carboxylic acids is 1. The molecule has 1 aliphatic rings. The summed E-state index contributed by atoms with van der Waals surface area (Å²) in [6, 6.07) is 0. The zero-order chi connectivity index (χ0) is 9.90. The molecule has 0 bridgehead atoms. The third-order valence-corrected chi connectivity index (χ3v) is 3.25. The van der Waals surface area contributed by atoms with Crippen molar-refractivity contribution in [2.24, 2.45) is 11.1 Å². The van der Waals surface area contributed by atoms with E-state index in [0.29, 0.717) is 11.5 Å². The van der Waals surface area contributed by atoms with E-state index in [1.165, 1.54) is 0 Å². The average molecular weight is 218 g/mol. The molecule has 0 heterocycles. The summed E-state index contributed by atoms with van der Waals surface area (Å²) in [5, 5.41) is 2.84. The lowest BCUT2D eigenvalue weighted by molar-refractivity contribution is -0.123. The highest BCUT2D eigenvalue weighted by atomic mass is 32.2. The van der Waals surface area contributed by atoms with Gasteiger partial charge in [0.1, 0.15) is 0 Å². The fourth-order valence-electron chi connectivity index (χ4n) is 1.15. The minimum Gasteiger partial charge on any atom is -0.392 e. The topological polar surface area (TPSA) is 55.1 Å². The molecule has 1 saturated carbocycles. The lowest BCUT2D eigenvalue weighted by Gasteiger charge is -2.12. The Balaban J connectivity index is 2.35. The molecular formula is C8H14N2OS2. The molecule has 13 heavy (non-hydrogen) atoms. The second kappa shape index (κ2) is 4.28. The molecule has 0 aromatic rings. The van der Waals surface area contributed by atoms with Gasteiger partial charge in [0.25, 0.3) is 0 Å². The van der Waals surface area contributed by atoms with E-state index < -0.39 is 5.41 Å². The summed E-state index contributed by atoms with van der Waals surface area (Å²) >= 11 is 6.57. The van der Waals surface area contributed by atoms with Crippen LogP contribution in [0.3, 0.4) is 0 Å². The first-order valence-corrected chi connectivity index (χ1v) is 6.01. The highest BCUT2D eigenvalue weighted by molar-refractivity contribution is 7.98. The normalized spacial score (nSPS) is 17.9. The van der Waals surface area contributed by atoms with E-state index in [-0.39, 0.29) is 5.91 Å². The van der Waals surface area contributed by atoms with Crippen molar-refractivity contribution in [3.05, 3.63) is 0 Å². The molecule has 0 aromatic carbocycles. The smallest absolute Gasteiger partial charge is 0.233 e. The van der Waals surface area contributed by atoms with Crippen LogP contribution in [0.15, 0.2) is 0 Å². The van der Waals surface area contributed by atoms with E-state index in [1.807, 2.05) is 6.26 Å². The molecule has 1 amide bonds. The molecule has 0 aromatic heterocycles. The zero-order valence-corrected chi connectivity index (χ0v) is 9.26. The van der Waals surface area contributed by atoms with E-state index in [2.05, 4.69) is 5.32 Å². The lowest BCUT2D eigenvalue weighted by Crippen LogP contribution is -2.40. The quantitative estimate of drug-likeness (QED) is 0.522. The molecule has 1 aliphatic carbocycles. The SMILES string of the molecule is CSCCNC(=O)C1(C(N)=S)CC1. The molecular weight excluding hydrogens is 204 g/mol. The van der Waals surface area contributed by atoms with Gasteiger partial charge in [0.2, 0.25) is 5.91 Å². The lowest BCUT2D eigenvalue weighted by atomic mass is 10.1. The van der Waals surface area contributed by atoms with Gasteiger partial charge in [0.15, 0.2) is 0 Å². The summed E-state index contributed by atoms with van der Waals surface area (Å²) in [7, 11) is 0. The molecule has 3 nitrogen and oxygen atoms in total. The number of hydrogen-bond acceptors (Lipinski definition) is 3. The van der Waals surface area contributed by atoms with Crippen LogP contribution in [0.2, 0.25) is 0 Å². The van der Waals surface area contributed by atoms with Gasteiger partial charge in [0, 0.05) is 12.3 Å². The first-order valence-electron chi connectivity index (χ1n) is 4.20. The molecule has 0 unspecified atom stereocenters. The van der Waals surface area contributed by atoms with Crippen LogP contribution in [-0.4, -0.2) is 29.4 Å². The molecule has 5 heteroatoms. The Kier molecular flexibility index (Phi) is 3.55. The summed E-state index contributed by atoms with van der Waals surface area (Å²) in [5.41, 5.74) is 5.01. The average Bonchev–Trinajstić information content (AvgIpc) is 2.84. The van der Waals surface area contributed by atoms with Crippen LogP contribution in [0.5, 0.6) is 0 Å².